The number of carbonyl (C=O) groups excluding carboxylic acids is 1. The molecule has 0 aliphatic carbocycles. The van der Waals surface area contributed by atoms with Crippen molar-refractivity contribution >= 4 is 32.5 Å². The van der Waals surface area contributed by atoms with Crippen LogP contribution in [0.3, 0.4) is 0 Å². The molecule has 222 valence electrons. The van der Waals surface area contributed by atoms with Crippen molar-refractivity contribution in [2.24, 2.45) is 0 Å². The smallest absolute Gasteiger partial charge is 0.234 e. The van der Waals surface area contributed by atoms with Gasteiger partial charge in [-0.15, -0.1) is 0 Å². The monoisotopic (exact) mass is 589 g/mol. The summed E-state index contributed by atoms with van der Waals surface area (Å²) in [5.74, 6) is 0.511. The van der Waals surface area contributed by atoms with Crippen molar-refractivity contribution in [3.63, 3.8) is 0 Å². The summed E-state index contributed by atoms with van der Waals surface area (Å²) in [6, 6.07) is 25.3. The quantitative estimate of drug-likeness (QED) is 0.263. The number of aromatic nitrogens is 1. The second-order valence-corrected chi connectivity index (χ2v) is 12.8. The van der Waals surface area contributed by atoms with E-state index in [2.05, 4.69) is 32.2 Å². The van der Waals surface area contributed by atoms with Crippen LogP contribution in [0.2, 0.25) is 0 Å². The Bertz CT molecular complexity index is 1580. The molecular weight excluding hydrogens is 550 g/mol. The van der Waals surface area contributed by atoms with E-state index in [0.29, 0.717) is 12.2 Å². The first-order valence-electron chi connectivity index (χ1n) is 14.2. The van der Waals surface area contributed by atoms with Crippen molar-refractivity contribution in [3.05, 3.63) is 96.2 Å². The van der Waals surface area contributed by atoms with E-state index < -0.39 is 16.1 Å². The summed E-state index contributed by atoms with van der Waals surface area (Å²) in [5, 5.41) is 4.24. The molecule has 1 aliphatic heterocycles. The number of carbonyl (C=O) groups is 1. The molecule has 1 atom stereocenters. The number of methoxy groups -OCH3 is 1. The fourth-order valence-corrected chi connectivity index (χ4v) is 6.42. The lowest BCUT2D eigenvalue weighted by Crippen LogP contribution is -2.52. The van der Waals surface area contributed by atoms with E-state index >= 15 is 0 Å². The number of hydrogen-bond acceptors (Lipinski definition) is 6. The molecule has 2 heterocycles. The zero-order chi connectivity index (χ0) is 29.5. The average molecular weight is 590 g/mol. The van der Waals surface area contributed by atoms with Crippen molar-refractivity contribution in [3.8, 4) is 5.75 Å². The van der Waals surface area contributed by atoms with Gasteiger partial charge in [0.15, 0.2) is 0 Å². The molecular formula is C32H39N5O4S. The Morgan fingerprint density at radius 3 is 2.38 bits per heavy atom. The zero-order valence-corrected chi connectivity index (χ0v) is 25.0. The molecule has 42 heavy (non-hydrogen) atoms. The Balaban J connectivity index is 1.30. The Labute approximate surface area is 248 Å². The molecule has 0 bridgehead atoms. The van der Waals surface area contributed by atoms with Crippen molar-refractivity contribution in [2.75, 3.05) is 57.5 Å². The minimum Gasteiger partial charge on any atom is -0.496 e. The second kappa shape index (κ2) is 13.4. The minimum atomic E-state index is -3.60. The summed E-state index contributed by atoms with van der Waals surface area (Å²) in [7, 11) is -2.02. The molecule has 9 nitrogen and oxygen atoms in total. The van der Waals surface area contributed by atoms with Gasteiger partial charge < -0.3 is 19.9 Å². The largest absolute Gasteiger partial charge is 0.496 e. The topological polar surface area (TPSA) is 98.0 Å². The van der Waals surface area contributed by atoms with Crippen molar-refractivity contribution in [2.45, 2.75) is 19.0 Å². The number of rotatable bonds is 12. The van der Waals surface area contributed by atoms with Gasteiger partial charge in [0.1, 0.15) is 5.75 Å². The number of para-hydroxylation sites is 3. The van der Waals surface area contributed by atoms with Gasteiger partial charge in [0, 0.05) is 73.7 Å². The van der Waals surface area contributed by atoms with Gasteiger partial charge in [-0.25, -0.2) is 8.42 Å². The summed E-state index contributed by atoms with van der Waals surface area (Å²) in [4.78, 5) is 21.2. The van der Waals surface area contributed by atoms with E-state index in [0.717, 1.165) is 48.2 Å². The summed E-state index contributed by atoms with van der Waals surface area (Å²) in [5.41, 5.74) is 3.98. The fourth-order valence-electron chi connectivity index (χ4n) is 5.59. The number of H-pyrrole nitrogens is 1. The van der Waals surface area contributed by atoms with Crippen LogP contribution >= 0.6 is 0 Å². The van der Waals surface area contributed by atoms with Gasteiger partial charge >= 0.3 is 0 Å². The Morgan fingerprint density at radius 1 is 0.952 bits per heavy atom. The van der Waals surface area contributed by atoms with Crippen LogP contribution in [0.25, 0.3) is 10.9 Å². The maximum Gasteiger partial charge on any atom is 0.234 e. The van der Waals surface area contributed by atoms with E-state index in [1.807, 2.05) is 72.9 Å². The number of hydrogen-bond donors (Lipinski definition) is 2. The summed E-state index contributed by atoms with van der Waals surface area (Å²) < 4.78 is 32.9. The number of amides is 1. The SMILES string of the molecule is COc1ccccc1CN(CC(Cc1c[nH]c2ccccc12)NC(=O)CN1CCN(c2ccccc2)CC1)S(C)(=O)=O. The number of aromatic amines is 1. The Hall–Kier alpha value is -3.86. The van der Waals surface area contributed by atoms with Gasteiger partial charge in [-0.3, -0.25) is 9.69 Å². The van der Waals surface area contributed by atoms with Crippen LogP contribution in [0.5, 0.6) is 5.75 Å². The summed E-state index contributed by atoms with van der Waals surface area (Å²) in [6.45, 7) is 3.78. The van der Waals surface area contributed by atoms with Gasteiger partial charge in [0.25, 0.3) is 0 Å². The maximum absolute atomic E-state index is 13.4. The maximum atomic E-state index is 13.4. The van der Waals surface area contributed by atoms with Crippen molar-refractivity contribution < 1.29 is 17.9 Å². The number of piperazine rings is 1. The van der Waals surface area contributed by atoms with E-state index in [-0.39, 0.29) is 25.5 Å². The second-order valence-electron chi connectivity index (χ2n) is 10.8. The van der Waals surface area contributed by atoms with Gasteiger partial charge in [0.2, 0.25) is 15.9 Å². The molecule has 1 aromatic heterocycles. The van der Waals surface area contributed by atoms with E-state index in [4.69, 9.17) is 4.74 Å². The molecule has 5 rings (SSSR count). The highest BCUT2D eigenvalue weighted by molar-refractivity contribution is 7.88. The Morgan fingerprint density at radius 2 is 1.64 bits per heavy atom. The van der Waals surface area contributed by atoms with Gasteiger partial charge in [0.05, 0.1) is 19.9 Å². The lowest BCUT2D eigenvalue weighted by Gasteiger charge is -2.36. The third-order valence-corrected chi connectivity index (χ3v) is 9.02. The van der Waals surface area contributed by atoms with Crippen molar-refractivity contribution in [1.82, 2.24) is 19.5 Å². The highest BCUT2D eigenvalue weighted by atomic mass is 32.2. The minimum absolute atomic E-state index is 0.112. The fraction of sp³-hybridized carbons (Fsp3) is 0.344. The van der Waals surface area contributed by atoms with Crippen LogP contribution in [-0.2, 0) is 27.8 Å². The third-order valence-electron chi connectivity index (χ3n) is 7.80. The van der Waals surface area contributed by atoms with Crippen LogP contribution in [0.15, 0.2) is 85.1 Å². The predicted octanol–water partition coefficient (Wildman–Crippen LogP) is 3.49. The molecule has 0 spiro atoms. The van der Waals surface area contributed by atoms with Gasteiger partial charge in [-0.2, -0.15) is 4.31 Å². The van der Waals surface area contributed by atoms with Gasteiger partial charge in [-0.1, -0.05) is 54.6 Å². The third kappa shape index (κ3) is 7.50. The van der Waals surface area contributed by atoms with Crippen LogP contribution in [-0.4, -0.2) is 87.2 Å². The normalized spacial score (nSPS) is 15.2. The molecule has 1 saturated heterocycles. The first kappa shape index (κ1) is 29.6. The number of sulfonamides is 1. The first-order chi connectivity index (χ1) is 20.3. The number of ether oxygens (including phenoxy) is 1. The molecule has 2 N–H and O–H groups in total. The molecule has 1 amide bonds. The van der Waals surface area contributed by atoms with Crippen LogP contribution in [0.4, 0.5) is 5.69 Å². The summed E-state index contributed by atoms with van der Waals surface area (Å²) in [6.07, 6.45) is 3.63. The summed E-state index contributed by atoms with van der Waals surface area (Å²) >= 11 is 0. The number of nitrogens with one attached hydrogen (secondary N) is 2. The highest BCUT2D eigenvalue weighted by Crippen LogP contribution is 2.23. The number of anilines is 1. The number of fused-ring (bicyclic) bond motifs is 1. The first-order valence-corrected chi connectivity index (χ1v) is 16.1. The van der Waals surface area contributed by atoms with E-state index in [1.54, 1.807) is 7.11 Å². The molecule has 1 aliphatic rings. The Kier molecular flexibility index (Phi) is 9.46. The molecule has 1 unspecified atom stereocenters. The molecule has 0 saturated carbocycles. The molecule has 10 heteroatoms. The average Bonchev–Trinajstić information content (AvgIpc) is 3.40. The molecule has 3 aromatic carbocycles. The zero-order valence-electron chi connectivity index (χ0n) is 24.2. The highest BCUT2D eigenvalue weighted by Gasteiger charge is 2.26. The van der Waals surface area contributed by atoms with Crippen molar-refractivity contribution in [1.29, 1.82) is 0 Å². The molecule has 4 aromatic rings. The predicted molar refractivity (Wildman–Crippen MR) is 167 cm³/mol. The van der Waals surface area contributed by atoms with Crippen LogP contribution in [0.1, 0.15) is 11.1 Å². The molecule has 1 fully saturated rings. The van der Waals surface area contributed by atoms with E-state index in [1.165, 1.54) is 16.2 Å². The lowest BCUT2D eigenvalue weighted by atomic mass is 10.0. The van der Waals surface area contributed by atoms with E-state index in [9.17, 15) is 13.2 Å². The van der Waals surface area contributed by atoms with Gasteiger partial charge in [-0.05, 0) is 36.2 Å². The number of nitrogens with zero attached hydrogens (tertiary/aromatic N) is 3. The number of benzene rings is 3. The molecule has 0 radical (unpaired) electrons. The lowest BCUT2D eigenvalue weighted by molar-refractivity contribution is -0.123. The standard InChI is InChI=1S/C32H39N5O4S/c1-41-31-15-9-6-10-25(31)22-37(42(2,39)40)23-27(20-26-21-33-30-14-8-7-13-29(26)30)34-32(38)24-35-16-18-36(19-17-35)28-11-4-3-5-12-28/h3-15,21,27,33H,16-20,22-24H2,1-2H3,(H,34,38). The van der Waals surface area contributed by atoms with Crippen LogP contribution in [0, 0.1) is 0 Å². The van der Waals surface area contributed by atoms with Crippen LogP contribution < -0.4 is 15.0 Å².